The Hall–Kier alpha value is -2.48. The summed E-state index contributed by atoms with van der Waals surface area (Å²) < 4.78 is 7.07. The molecule has 4 heterocycles. The zero-order valence-corrected chi connectivity index (χ0v) is 14.0. The van der Waals surface area contributed by atoms with Crippen molar-refractivity contribution in [2.75, 3.05) is 18.0 Å². The number of β-amino-alcohol motifs (C(OH)–C–C–N with tert-alkyl or cyclic N) is 1. The van der Waals surface area contributed by atoms with E-state index in [1.54, 1.807) is 10.8 Å². The minimum Gasteiger partial charge on any atom is -0.391 e. The van der Waals surface area contributed by atoms with E-state index in [-0.39, 0.29) is 5.92 Å². The highest BCUT2D eigenvalue weighted by Gasteiger charge is 2.35. The number of aryl methyl sites for hydroxylation is 1. The Morgan fingerprint density at radius 2 is 2.16 bits per heavy atom. The average Bonchev–Trinajstić information content (AvgIpc) is 3.02. The van der Waals surface area contributed by atoms with E-state index in [0.717, 1.165) is 35.0 Å². The molecule has 1 saturated carbocycles. The molecule has 0 bridgehead atoms. The maximum atomic E-state index is 10.5. The minimum absolute atomic E-state index is 0.105. The topological polar surface area (TPSA) is 92.6 Å². The molecule has 1 saturated heterocycles. The molecule has 0 aromatic carbocycles. The van der Waals surface area contributed by atoms with Crippen LogP contribution in [-0.2, 0) is 6.42 Å². The van der Waals surface area contributed by atoms with Gasteiger partial charge < -0.3 is 14.5 Å². The summed E-state index contributed by atoms with van der Waals surface area (Å²) in [5.41, 5.74) is 3.70. The Bertz CT molecular complexity index is 915. The number of anilines is 1. The van der Waals surface area contributed by atoms with Crippen LogP contribution < -0.4 is 4.90 Å². The lowest BCUT2D eigenvalue weighted by Gasteiger charge is -2.19. The fourth-order valence-corrected chi connectivity index (χ4v) is 3.66. The third kappa shape index (κ3) is 2.66. The third-order valence-corrected chi connectivity index (χ3v) is 5.15. The first-order valence-electron chi connectivity index (χ1n) is 8.73. The van der Waals surface area contributed by atoms with Gasteiger partial charge in [-0.25, -0.2) is 0 Å². The van der Waals surface area contributed by atoms with Crippen LogP contribution in [-0.4, -0.2) is 49.3 Å². The number of aromatic nitrogens is 5. The first-order chi connectivity index (χ1) is 12.2. The van der Waals surface area contributed by atoms with Gasteiger partial charge in [0.2, 0.25) is 5.65 Å². The number of aliphatic hydroxyl groups is 1. The van der Waals surface area contributed by atoms with E-state index in [9.17, 15) is 5.11 Å². The zero-order chi connectivity index (χ0) is 17.0. The van der Waals surface area contributed by atoms with Crippen molar-refractivity contribution in [3.05, 3.63) is 35.6 Å². The fraction of sp³-hybridized carbons (Fsp3) is 0.529. The lowest BCUT2D eigenvalue weighted by atomic mass is 10.0. The smallest absolute Gasteiger partial charge is 0.200 e. The van der Waals surface area contributed by atoms with Crippen molar-refractivity contribution in [1.29, 1.82) is 0 Å². The van der Waals surface area contributed by atoms with Crippen molar-refractivity contribution in [2.24, 2.45) is 5.92 Å². The van der Waals surface area contributed by atoms with Crippen LogP contribution in [0, 0.1) is 12.8 Å². The molecular formula is C17H20N6O2. The summed E-state index contributed by atoms with van der Waals surface area (Å²) in [7, 11) is 0. The van der Waals surface area contributed by atoms with Gasteiger partial charge in [-0.2, -0.15) is 9.61 Å². The van der Waals surface area contributed by atoms with Crippen LogP contribution in [0.25, 0.3) is 5.65 Å². The van der Waals surface area contributed by atoms with Crippen LogP contribution >= 0.6 is 0 Å². The summed E-state index contributed by atoms with van der Waals surface area (Å²) in [6.07, 6.45) is 4.30. The second-order valence-electron chi connectivity index (χ2n) is 7.20. The van der Waals surface area contributed by atoms with Gasteiger partial charge in [0, 0.05) is 37.4 Å². The number of hydrogen-bond acceptors (Lipinski definition) is 7. The molecule has 1 aliphatic heterocycles. The highest BCUT2D eigenvalue weighted by molar-refractivity contribution is 5.69. The first kappa shape index (κ1) is 14.8. The van der Waals surface area contributed by atoms with Gasteiger partial charge in [0.1, 0.15) is 12.1 Å². The molecule has 25 heavy (non-hydrogen) atoms. The first-order valence-corrected chi connectivity index (χ1v) is 8.73. The minimum atomic E-state index is -0.411. The van der Waals surface area contributed by atoms with Crippen molar-refractivity contribution < 1.29 is 9.63 Å². The second kappa shape index (κ2) is 5.52. The summed E-state index contributed by atoms with van der Waals surface area (Å²) >= 11 is 0. The quantitative estimate of drug-likeness (QED) is 0.766. The van der Waals surface area contributed by atoms with Gasteiger partial charge in [-0.15, -0.1) is 10.2 Å². The molecule has 0 unspecified atom stereocenters. The highest BCUT2D eigenvalue weighted by Crippen LogP contribution is 2.41. The van der Waals surface area contributed by atoms with Crippen molar-refractivity contribution in [2.45, 2.75) is 38.2 Å². The maximum absolute atomic E-state index is 10.5. The molecular weight excluding hydrogens is 320 g/mol. The van der Waals surface area contributed by atoms with E-state index in [4.69, 9.17) is 4.52 Å². The number of rotatable bonds is 4. The Balaban J connectivity index is 1.43. The highest BCUT2D eigenvalue weighted by atomic mass is 16.5. The van der Waals surface area contributed by atoms with Crippen LogP contribution in [0.2, 0.25) is 0 Å². The van der Waals surface area contributed by atoms with Crippen LogP contribution in [0.5, 0.6) is 0 Å². The Kier molecular flexibility index (Phi) is 3.27. The van der Waals surface area contributed by atoms with Gasteiger partial charge >= 0.3 is 0 Å². The van der Waals surface area contributed by atoms with Crippen LogP contribution in [0.1, 0.15) is 35.9 Å². The van der Waals surface area contributed by atoms with E-state index in [1.165, 1.54) is 12.8 Å². The molecule has 0 radical (unpaired) electrons. The molecule has 1 aliphatic carbocycles. The zero-order valence-electron chi connectivity index (χ0n) is 14.0. The van der Waals surface area contributed by atoms with Gasteiger partial charge in [-0.05, 0) is 25.8 Å². The number of hydrogen-bond donors (Lipinski definition) is 1. The van der Waals surface area contributed by atoms with Gasteiger partial charge in [-0.1, -0.05) is 5.16 Å². The lowest BCUT2D eigenvalue weighted by molar-refractivity contribution is 0.143. The molecule has 0 spiro atoms. The van der Waals surface area contributed by atoms with Crippen LogP contribution in [0.15, 0.2) is 23.0 Å². The van der Waals surface area contributed by atoms with E-state index in [1.807, 2.05) is 13.0 Å². The molecule has 130 valence electrons. The number of nitrogens with zero attached hydrogens (tertiary/aromatic N) is 6. The van der Waals surface area contributed by atoms with Crippen molar-refractivity contribution in [3.63, 3.8) is 0 Å². The third-order valence-electron chi connectivity index (χ3n) is 5.15. The summed E-state index contributed by atoms with van der Waals surface area (Å²) in [5.74, 6) is 1.48. The SMILES string of the molecule is Cc1cc(C[C@@H]2CN(c3cc(C4CC4)nn4cnnc34)C[C@H]2O)on1. The van der Waals surface area contributed by atoms with E-state index in [0.29, 0.717) is 18.9 Å². The second-order valence-corrected chi connectivity index (χ2v) is 7.20. The summed E-state index contributed by atoms with van der Waals surface area (Å²) in [6.45, 7) is 3.23. The molecule has 8 nitrogen and oxygen atoms in total. The molecule has 3 aromatic rings. The standard InChI is InChI=1S/C17H20N6O2/c1-10-4-13(25-21-10)5-12-7-22(8-16(12)24)15-6-14(11-2-3-11)20-23-9-18-19-17(15)23/h4,6,9,11-12,16,24H,2-3,5,7-8H2,1H3/t12-,16-/m1/s1. The molecule has 2 aliphatic rings. The molecule has 1 N–H and O–H groups in total. The molecule has 2 atom stereocenters. The summed E-state index contributed by atoms with van der Waals surface area (Å²) in [6, 6.07) is 4.05. The normalized spacial score (nSPS) is 23.7. The van der Waals surface area contributed by atoms with E-state index in [2.05, 4.69) is 31.4 Å². The number of fused-ring (bicyclic) bond motifs is 1. The van der Waals surface area contributed by atoms with Gasteiger partial charge in [0.05, 0.1) is 23.2 Å². The van der Waals surface area contributed by atoms with Gasteiger partial charge in [-0.3, -0.25) is 0 Å². The van der Waals surface area contributed by atoms with Gasteiger partial charge in [0.15, 0.2) is 0 Å². The van der Waals surface area contributed by atoms with Crippen molar-refractivity contribution >= 4 is 11.3 Å². The maximum Gasteiger partial charge on any atom is 0.200 e. The lowest BCUT2D eigenvalue weighted by Crippen LogP contribution is -2.22. The van der Waals surface area contributed by atoms with Gasteiger partial charge in [0.25, 0.3) is 0 Å². The Morgan fingerprint density at radius 3 is 2.92 bits per heavy atom. The fourth-order valence-electron chi connectivity index (χ4n) is 3.66. The predicted molar refractivity (Wildman–Crippen MR) is 89.4 cm³/mol. The molecule has 0 amide bonds. The van der Waals surface area contributed by atoms with E-state index < -0.39 is 6.10 Å². The predicted octanol–water partition coefficient (Wildman–Crippen LogP) is 1.34. The van der Waals surface area contributed by atoms with Crippen LogP contribution in [0.3, 0.4) is 0 Å². The Morgan fingerprint density at radius 1 is 1.28 bits per heavy atom. The summed E-state index contributed by atoms with van der Waals surface area (Å²) in [5, 5.41) is 27.3. The monoisotopic (exact) mass is 340 g/mol. The Labute approximate surface area is 144 Å². The number of aliphatic hydroxyl groups excluding tert-OH is 1. The van der Waals surface area contributed by atoms with Crippen molar-refractivity contribution in [1.82, 2.24) is 25.0 Å². The molecule has 3 aromatic heterocycles. The van der Waals surface area contributed by atoms with E-state index >= 15 is 0 Å². The molecule has 5 rings (SSSR count). The van der Waals surface area contributed by atoms with Crippen molar-refractivity contribution in [3.8, 4) is 0 Å². The molecule has 2 fully saturated rings. The average molecular weight is 340 g/mol. The summed E-state index contributed by atoms with van der Waals surface area (Å²) in [4.78, 5) is 2.19. The molecule has 8 heteroatoms. The largest absolute Gasteiger partial charge is 0.391 e. The van der Waals surface area contributed by atoms with Crippen LogP contribution in [0.4, 0.5) is 5.69 Å².